The average Bonchev–Trinajstić information content (AvgIpc) is 1.52. The molecule has 98 heavy (non-hydrogen) atoms. The van der Waals surface area contributed by atoms with Crippen molar-refractivity contribution in [3.63, 3.8) is 0 Å². The lowest BCUT2D eigenvalue weighted by Gasteiger charge is -2.31. The highest BCUT2D eigenvalue weighted by Crippen LogP contribution is 2.54. The molecule has 2 unspecified atom stereocenters. The van der Waals surface area contributed by atoms with E-state index < -0.39 is 105 Å². The van der Waals surface area contributed by atoms with Crippen LogP contribution < -0.4 is 4.90 Å². The number of hydroxylamine groups is 2. The zero-order valence-corrected chi connectivity index (χ0v) is 57.6. The summed E-state index contributed by atoms with van der Waals surface area (Å²) in [4.78, 5) is 38.0. The van der Waals surface area contributed by atoms with Gasteiger partial charge in [-0.25, -0.2) is 46.9 Å². The Labute approximate surface area is 569 Å². The summed E-state index contributed by atoms with van der Waals surface area (Å²) in [6.07, 6.45) is 7.51. The first-order valence-corrected chi connectivity index (χ1v) is 37.5. The van der Waals surface area contributed by atoms with Crippen molar-refractivity contribution in [2.24, 2.45) is 0 Å². The van der Waals surface area contributed by atoms with Gasteiger partial charge in [-0.05, 0) is 97.3 Å². The molecule has 3 heterocycles. The summed E-state index contributed by atoms with van der Waals surface area (Å²) in [5.41, 5.74) is -0.612. The van der Waals surface area contributed by atoms with Gasteiger partial charge >= 0.3 is 5.97 Å². The maximum absolute atomic E-state index is 12.9. The minimum atomic E-state index is -5.44. The standard InChI is InChI=1S/C61H79N3O28S5.CH4/c1-60(18-8-38-93(68,69)70)53(62(20-24-83-3)49-13-11-45-47(58(49)60)39-43(94(71,72)73)41-51(45)96(77,78)79)9-6-5-7-10-54-61(2,19-23-86-29-32-90-35-34-88-27-26-84-4)59-48-40-44(95(74,75)76)42-52(97(80,81)82)46(48)12-14-50(59)63(54)21-25-87-30-33-91-37-36-89-31-28-85-22-17-57(67)92-64-55(65)15-16-56(64)66;/h5-7,9-14,39-42H,8,15-38H2,1-4H3,(H4-,68,69,70,71,72,73,74,75,76,77,78,79,80,81,82);1H4/p-4. The summed E-state index contributed by atoms with van der Waals surface area (Å²) < 4.78 is 241. The number of rotatable bonds is 42. The van der Waals surface area contributed by atoms with E-state index >= 15 is 0 Å². The number of fused-ring (bicyclic) bond motifs is 6. The number of hydrogen-bond donors (Lipinski definition) is 0. The summed E-state index contributed by atoms with van der Waals surface area (Å²) in [6.45, 7) is 5.82. The number of anilines is 1. The molecular formula is C62H79N3O28S5-4. The summed E-state index contributed by atoms with van der Waals surface area (Å²) in [5, 5.41) is -0.150. The lowest BCUT2D eigenvalue weighted by Crippen LogP contribution is -2.32. The van der Waals surface area contributed by atoms with Gasteiger partial charge in [0.25, 0.3) is 11.8 Å². The summed E-state index contributed by atoms with van der Waals surface area (Å²) in [6, 6.07) is 8.57. The van der Waals surface area contributed by atoms with Crippen LogP contribution in [-0.2, 0) is 123 Å². The summed E-state index contributed by atoms with van der Waals surface area (Å²) in [5.74, 6) is -2.85. The molecule has 4 aromatic rings. The van der Waals surface area contributed by atoms with E-state index in [0.29, 0.717) is 58.8 Å². The normalized spacial score (nSPS) is 18.2. The van der Waals surface area contributed by atoms with Crippen molar-refractivity contribution >= 4 is 107 Å². The smallest absolute Gasteiger partial charge is 0.335 e. The molecule has 31 nitrogen and oxygen atoms in total. The quantitative estimate of drug-likeness (QED) is 0.0201. The van der Waals surface area contributed by atoms with Crippen LogP contribution in [0, 0.1) is 0 Å². The average molecular weight is 1470 g/mol. The lowest BCUT2D eigenvalue weighted by atomic mass is 9.74. The summed E-state index contributed by atoms with van der Waals surface area (Å²) >= 11 is 0. The molecule has 0 radical (unpaired) electrons. The third kappa shape index (κ3) is 21.0. The highest BCUT2D eigenvalue weighted by atomic mass is 32.2. The third-order valence-electron chi connectivity index (χ3n) is 16.1. The number of amides is 2. The number of hydrogen-bond acceptors (Lipinski definition) is 29. The van der Waals surface area contributed by atoms with Gasteiger partial charge in [0.2, 0.25) is 5.69 Å². The van der Waals surface area contributed by atoms with Crippen LogP contribution >= 0.6 is 0 Å². The number of nitrogens with zero attached hydrogens (tertiary/aromatic N) is 3. The zero-order valence-electron chi connectivity index (χ0n) is 53.5. The predicted octanol–water partition coefficient (Wildman–Crippen LogP) is 3.50. The van der Waals surface area contributed by atoms with Crippen molar-refractivity contribution in [1.82, 2.24) is 5.06 Å². The third-order valence-corrected chi connectivity index (χ3v) is 20.2. The molecular weight excluding hydrogens is 1400 g/mol. The Balaban J connectivity index is 0.0000152. The van der Waals surface area contributed by atoms with Crippen molar-refractivity contribution in [1.29, 1.82) is 0 Å². The van der Waals surface area contributed by atoms with E-state index in [2.05, 4.69) is 0 Å². The fourth-order valence-electron chi connectivity index (χ4n) is 11.7. The van der Waals surface area contributed by atoms with Crippen molar-refractivity contribution < 1.29 is 131 Å². The highest BCUT2D eigenvalue weighted by molar-refractivity contribution is 7.87. The van der Waals surface area contributed by atoms with Gasteiger partial charge in [-0.2, -0.15) is 4.58 Å². The molecule has 7 rings (SSSR count). The minimum Gasteiger partial charge on any atom is -0.748 e. The molecule has 0 N–H and O–H groups in total. The van der Waals surface area contributed by atoms with Crippen LogP contribution in [0.1, 0.15) is 70.9 Å². The highest BCUT2D eigenvalue weighted by Gasteiger charge is 2.49. The van der Waals surface area contributed by atoms with E-state index in [1.54, 1.807) is 62.0 Å². The monoisotopic (exact) mass is 1470 g/mol. The molecule has 0 spiro atoms. The van der Waals surface area contributed by atoms with Crippen molar-refractivity contribution in [3.8, 4) is 0 Å². The van der Waals surface area contributed by atoms with Crippen LogP contribution in [0.15, 0.2) is 104 Å². The second-order valence-electron chi connectivity index (χ2n) is 22.6. The number of carbonyl (C=O) groups excluding carboxylic acids is 3. The van der Waals surface area contributed by atoms with E-state index in [1.165, 1.54) is 25.3 Å². The largest absolute Gasteiger partial charge is 0.748 e. The molecule has 544 valence electrons. The van der Waals surface area contributed by atoms with Crippen LogP contribution in [0.4, 0.5) is 11.4 Å². The second-order valence-corrected chi connectivity index (χ2v) is 29.6. The van der Waals surface area contributed by atoms with Gasteiger partial charge in [0.05, 0.1) is 134 Å². The van der Waals surface area contributed by atoms with E-state index in [9.17, 15) is 79.2 Å². The molecule has 0 saturated carbocycles. The Hall–Kier alpha value is -6.11. The van der Waals surface area contributed by atoms with Gasteiger partial charge in [-0.1, -0.05) is 31.7 Å². The van der Waals surface area contributed by atoms with Crippen molar-refractivity contribution in [3.05, 3.63) is 95.7 Å². The van der Waals surface area contributed by atoms with E-state index in [4.69, 9.17) is 47.5 Å². The molecule has 4 aromatic carbocycles. The first-order chi connectivity index (χ1) is 45.8. The number of imide groups is 1. The van der Waals surface area contributed by atoms with Gasteiger partial charge in [0.15, 0.2) is 12.3 Å². The number of methoxy groups -OCH3 is 2. The molecule has 2 amide bonds. The number of ether oxygens (including phenoxy) is 9. The summed E-state index contributed by atoms with van der Waals surface area (Å²) in [7, 11) is -23.5. The predicted molar refractivity (Wildman–Crippen MR) is 344 cm³/mol. The Kier molecular flexibility index (Phi) is 29.3. The van der Waals surface area contributed by atoms with Crippen LogP contribution in [-0.4, -0.2) is 237 Å². The van der Waals surface area contributed by atoms with Gasteiger partial charge in [0.1, 0.15) is 47.1 Å². The Morgan fingerprint density at radius 3 is 1.52 bits per heavy atom. The van der Waals surface area contributed by atoms with E-state index in [0.717, 1.165) is 12.1 Å². The molecule has 36 heteroatoms. The first-order valence-electron chi connectivity index (χ1n) is 30.3. The Bertz CT molecular complexity index is 4240. The first kappa shape index (κ1) is 80.9. The van der Waals surface area contributed by atoms with Gasteiger partial charge in [-0.3, -0.25) is 9.59 Å². The Morgan fingerprint density at radius 1 is 0.541 bits per heavy atom. The van der Waals surface area contributed by atoms with E-state index in [1.807, 2.05) is 4.90 Å². The SMILES string of the molecule is C.COCCOCCOCCOCCC1(C)\C(=C/C=C/C=C/C2=[N+](CCOC)c3ccc4c(S(=O)(=O)[O-])cc(S(=O)(=O)[O-])cc4c3C2(C)CCCS(=O)(=O)[O-])N(CCOCCOCCOCCOCCC(=O)ON2C(=O)CCC2=O)c2ccc3c(S(=O)(=O)[O-])cc(S(=O)(=O)[O-])cc3c21. The van der Waals surface area contributed by atoms with Crippen molar-refractivity contribution in [2.75, 3.05) is 144 Å². The Morgan fingerprint density at radius 2 is 1.02 bits per heavy atom. The number of benzene rings is 4. The van der Waals surface area contributed by atoms with Crippen LogP contribution in [0.3, 0.4) is 0 Å². The van der Waals surface area contributed by atoms with Crippen LogP contribution in [0.5, 0.6) is 0 Å². The molecule has 3 aliphatic heterocycles. The van der Waals surface area contributed by atoms with E-state index in [-0.39, 0.29) is 179 Å². The van der Waals surface area contributed by atoms with Crippen molar-refractivity contribution in [2.45, 2.75) is 90.2 Å². The second kappa shape index (κ2) is 35.5. The molecule has 3 aliphatic rings. The van der Waals surface area contributed by atoms with Crippen LogP contribution in [0.2, 0.25) is 0 Å². The van der Waals surface area contributed by atoms with Crippen LogP contribution in [0.25, 0.3) is 21.5 Å². The lowest BCUT2D eigenvalue weighted by molar-refractivity contribution is -0.441. The topological polar surface area (TPSA) is 439 Å². The number of carbonyl (C=O) groups is 3. The molecule has 1 fully saturated rings. The maximum atomic E-state index is 12.9. The maximum Gasteiger partial charge on any atom is 0.335 e. The molecule has 0 aromatic heterocycles. The van der Waals surface area contributed by atoms with Gasteiger partial charge < -0.3 is 75.1 Å². The molecule has 0 aliphatic carbocycles. The molecule has 0 bridgehead atoms. The molecule has 1 saturated heterocycles. The van der Waals surface area contributed by atoms with Gasteiger partial charge in [-0.15, -0.1) is 5.06 Å². The van der Waals surface area contributed by atoms with Gasteiger partial charge in [0, 0.05) is 85.9 Å². The molecule has 2 atom stereocenters. The fraction of sp³-hybridized carbons (Fsp3) is 0.516. The minimum absolute atomic E-state index is 0. The number of allylic oxidation sites excluding steroid dienone is 6. The fourth-order valence-corrected chi connectivity index (χ4v) is 14.8. The zero-order chi connectivity index (χ0) is 71.0.